The van der Waals surface area contributed by atoms with Crippen molar-refractivity contribution in [2.24, 2.45) is 0 Å². The Morgan fingerprint density at radius 3 is 1.78 bits per heavy atom. The fourth-order valence-electron chi connectivity index (χ4n) is 1.07. The van der Waals surface area contributed by atoms with E-state index in [2.05, 4.69) is 4.74 Å². The quantitative estimate of drug-likeness (QED) is 0.263. The van der Waals surface area contributed by atoms with E-state index in [9.17, 15) is 13.2 Å². The van der Waals surface area contributed by atoms with Gasteiger partial charge in [-0.15, -0.1) is 0 Å². The van der Waals surface area contributed by atoms with Gasteiger partial charge < -0.3 is 30.3 Å². The first kappa shape index (κ1) is 17.2. The summed E-state index contributed by atoms with van der Waals surface area (Å²) in [6.45, 7) is 0. The van der Waals surface area contributed by atoms with Gasteiger partial charge in [-0.05, 0) is 0 Å². The molecular formula is C7H14O10S. The van der Waals surface area contributed by atoms with E-state index in [0.29, 0.717) is 6.26 Å². The van der Waals surface area contributed by atoms with Gasteiger partial charge in [0, 0.05) is 0 Å². The van der Waals surface area contributed by atoms with Crippen LogP contribution in [0.4, 0.5) is 0 Å². The number of ether oxygens (including phenoxy) is 1. The van der Waals surface area contributed by atoms with E-state index in [1.807, 2.05) is 0 Å². The number of aliphatic hydroxyl groups excluding tert-OH is 4. The van der Waals surface area contributed by atoms with Crippen molar-refractivity contribution in [2.45, 2.75) is 30.7 Å². The number of carboxylic acids is 1. The number of hydrogen-bond donors (Lipinski definition) is 6. The van der Waals surface area contributed by atoms with Crippen LogP contribution in [0.2, 0.25) is 0 Å². The molecule has 1 aliphatic rings. The minimum Gasteiger partial charge on any atom is -0.479 e. The zero-order chi connectivity index (χ0) is 14.7. The van der Waals surface area contributed by atoms with Crippen molar-refractivity contribution in [3.05, 3.63) is 0 Å². The summed E-state index contributed by atoms with van der Waals surface area (Å²) in [6, 6.07) is 0. The lowest BCUT2D eigenvalue weighted by molar-refractivity contribution is -0.279. The SMILES string of the molecule is CS(=O)(=O)O.O=C(O)[C@H]1OC(O)[C@H](O)[C@@H](O)[C@@H]1O. The maximum Gasteiger partial charge on any atom is 0.335 e. The van der Waals surface area contributed by atoms with Gasteiger partial charge in [0.2, 0.25) is 0 Å². The van der Waals surface area contributed by atoms with Crippen LogP contribution >= 0.6 is 0 Å². The lowest BCUT2D eigenvalue weighted by Crippen LogP contribution is -2.59. The second kappa shape index (κ2) is 6.38. The maximum atomic E-state index is 10.4. The fourth-order valence-corrected chi connectivity index (χ4v) is 1.07. The lowest BCUT2D eigenvalue weighted by Gasteiger charge is -2.36. The van der Waals surface area contributed by atoms with Gasteiger partial charge in [0.05, 0.1) is 6.26 Å². The van der Waals surface area contributed by atoms with Crippen molar-refractivity contribution >= 4 is 16.1 Å². The molecule has 18 heavy (non-hydrogen) atoms. The summed E-state index contributed by atoms with van der Waals surface area (Å²) in [6.07, 6.45) is -8.01. The Morgan fingerprint density at radius 2 is 1.44 bits per heavy atom. The average Bonchev–Trinajstić information content (AvgIpc) is 2.17. The highest BCUT2D eigenvalue weighted by Crippen LogP contribution is 2.19. The monoisotopic (exact) mass is 290 g/mol. The molecule has 0 aromatic rings. The zero-order valence-electron chi connectivity index (χ0n) is 9.11. The number of carboxylic acid groups (broad SMARTS) is 1. The average molecular weight is 290 g/mol. The molecule has 1 fully saturated rings. The van der Waals surface area contributed by atoms with Crippen LogP contribution in [0.5, 0.6) is 0 Å². The molecule has 0 aromatic heterocycles. The Bertz CT molecular complexity index is 370. The number of carbonyl (C=O) groups is 1. The van der Waals surface area contributed by atoms with Gasteiger partial charge in [-0.3, -0.25) is 4.55 Å². The van der Waals surface area contributed by atoms with Crippen molar-refractivity contribution in [2.75, 3.05) is 6.26 Å². The molecular weight excluding hydrogens is 276 g/mol. The molecule has 0 saturated carbocycles. The summed E-state index contributed by atoms with van der Waals surface area (Å²) in [5.74, 6) is -1.52. The third kappa shape index (κ3) is 5.68. The summed E-state index contributed by atoms with van der Waals surface area (Å²) in [7, 11) is -3.67. The summed E-state index contributed by atoms with van der Waals surface area (Å²) in [5, 5.41) is 44.4. The van der Waals surface area contributed by atoms with Gasteiger partial charge in [-0.25, -0.2) is 4.79 Å². The van der Waals surface area contributed by atoms with E-state index < -0.39 is 46.8 Å². The first-order chi connectivity index (χ1) is 7.95. The van der Waals surface area contributed by atoms with Gasteiger partial charge >= 0.3 is 5.97 Å². The van der Waals surface area contributed by atoms with Crippen molar-refractivity contribution in [3.63, 3.8) is 0 Å². The molecule has 6 N–H and O–H groups in total. The van der Waals surface area contributed by atoms with Crippen LogP contribution in [-0.2, 0) is 19.6 Å². The molecule has 10 nitrogen and oxygen atoms in total. The highest BCUT2D eigenvalue weighted by atomic mass is 32.2. The van der Waals surface area contributed by atoms with Crippen LogP contribution in [0.15, 0.2) is 0 Å². The van der Waals surface area contributed by atoms with Gasteiger partial charge in [-0.2, -0.15) is 8.42 Å². The molecule has 0 bridgehead atoms. The predicted molar refractivity (Wildman–Crippen MR) is 54.0 cm³/mol. The van der Waals surface area contributed by atoms with E-state index in [0.717, 1.165) is 0 Å². The Morgan fingerprint density at radius 1 is 1.06 bits per heavy atom. The Hall–Kier alpha value is -0.820. The van der Waals surface area contributed by atoms with Crippen LogP contribution in [0.1, 0.15) is 0 Å². The summed E-state index contributed by atoms with van der Waals surface area (Å²) in [5.41, 5.74) is 0. The van der Waals surface area contributed by atoms with Crippen LogP contribution < -0.4 is 0 Å². The molecule has 11 heteroatoms. The van der Waals surface area contributed by atoms with Gasteiger partial charge in [0.25, 0.3) is 10.1 Å². The smallest absolute Gasteiger partial charge is 0.335 e. The number of aliphatic carboxylic acids is 1. The van der Waals surface area contributed by atoms with E-state index in [4.69, 9.17) is 30.1 Å². The van der Waals surface area contributed by atoms with Crippen LogP contribution in [0, 0.1) is 0 Å². The summed E-state index contributed by atoms with van der Waals surface area (Å²) < 4.78 is 30.2. The Kier molecular flexibility index (Phi) is 6.09. The van der Waals surface area contributed by atoms with Gasteiger partial charge in [0.1, 0.15) is 18.3 Å². The highest BCUT2D eigenvalue weighted by molar-refractivity contribution is 7.85. The lowest BCUT2D eigenvalue weighted by atomic mass is 9.99. The Labute approximate surface area is 102 Å². The van der Waals surface area contributed by atoms with E-state index >= 15 is 0 Å². The summed E-state index contributed by atoms with van der Waals surface area (Å²) in [4.78, 5) is 10.4. The van der Waals surface area contributed by atoms with E-state index in [1.165, 1.54) is 0 Å². The molecule has 1 saturated heterocycles. The largest absolute Gasteiger partial charge is 0.479 e. The molecule has 5 atom stereocenters. The third-order valence-corrected chi connectivity index (χ3v) is 1.83. The van der Waals surface area contributed by atoms with E-state index in [1.54, 1.807) is 0 Å². The first-order valence-electron chi connectivity index (χ1n) is 4.48. The molecule has 0 amide bonds. The topological polar surface area (TPSA) is 182 Å². The molecule has 0 aromatic carbocycles. The van der Waals surface area contributed by atoms with Gasteiger partial charge in [-0.1, -0.05) is 0 Å². The molecule has 0 aliphatic carbocycles. The molecule has 0 radical (unpaired) electrons. The number of aliphatic hydroxyl groups is 4. The molecule has 1 heterocycles. The minimum atomic E-state index is -3.67. The number of hydrogen-bond acceptors (Lipinski definition) is 8. The van der Waals surface area contributed by atoms with Crippen molar-refractivity contribution in [1.29, 1.82) is 0 Å². The van der Waals surface area contributed by atoms with E-state index in [-0.39, 0.29) is 0 Å². The molecule has 1 rings (SSSR count). The minimum absolute atomic E-state index is 0.715. The van der Waals surface area contributed by atoms with Crippen LogP contribution in [0.3, 0.4) is 0 Å². The van der Waals surface area contributed by atoms with Crippen molar-refractivity contribution < 1.29 is 48.0 Å². The normalized spacial score (nSPS) is 36.4. The molecule has 108 valence electrons. The number of rotatable bonds is 1. The first-order valence-corrected chi connectivity index (χ1v) is 6.33. The summed E-state index contributed by atoms with van der Waals surface area (Å²) >= 11 is 0. The third-order valence-electron chi connectivity index (χ3n) is 1.83. The second-order valence-electron chi connectivity index (χ2n) is 3.49. The predicted octanol–water partition coefficient (Wildman–Crippen LogP) is -3.63. The molecule has 1 aliphatic heterocycles. The second-order valence-corrected chi connectivity index (χ2v) is 4.96. The zero-order valence-corrected chi connectivity index (χ0v) is 9.93. The van der Waals surface area contributed by atoms with Gasteiger partial charge in [0.15, 0.2) is 12.4 Å². The van der Waals surface area contributed by atoms with Crippen LogP contribution in [0.25, 0.3) is 0 Å². The van der Waals surface area contributed by atoms with Crippen molar-refractivity contribution in [3.8, 4) is 0 Å². The maximum absolute atomic E-state index is 10.4. The Balaban J connectivity index is 0.000000494. The van der Waals surface area contributed by atoms with Crippen molar-refractivity contribution in [1.82, 2.24) is 0 Å². The highest BCUT2D eigenvalue weighted by Gasteiger charge is 2.46. The molecule has 0 spiro atoms. The fraction of sp³-hybridized carbons (Fsp3) is 0.857. The molecule has 1 unspecified atom stereocenters. The standard InChI is InChI=1S/C6H10O7.CH4O3S/c7-1-2(8)4(5(10)11)13-6(12)3(1)9;1-5(2,3)4/h1-4,6-9,12H,(H,10,11);1H3,(H,2,3,4)/t1-,2-,3+,4-,6?;/m0./s1. The van der Waals surface area contributed by atoms with Crippen LogP contribution in [-0.4, -0.2) is 81.4 Å².